The predicted octanol–water partition coefficient (Wildman–Crippen LogP) is 4.67. The number of hydrogen-bond acceptors (Lipinski definition) is 5. The molecule has 3 fully saturated rings. The molecule has 0 saturated carbocycles. The summed E-state index contributed by atoms with van der Waals surface area (Å²) in [7, 11) is -4.05. The van der Waals surface area contributed by atoms with Crippen molar-refractivity contribution in [1.82, 2.24) is 24.4 Å². The van der Waals surface area contributed by atoms with Crippen molar-refractivity contribution in [2.75, 3.05) is 19.6 Å². The SMILES string of the molecule is CC(C)(C)C(NC(=O)c1cc2ccccc2[nH]1)C(=O)N1C[C@@H]2C[C@H]1CN2C(=O)[C@@H]1CCCCN1S(=O)(=O)c1ccc(Cl)cc1Cl. The van der Waals surface area contributed by atoms with Crippen LogP contribution in [0.25, 0.3) is 10.9 Å². The van der Waals surface area contributed by atoms with E-state index in [0.29, 0.717) is 43.1 Å². The van der Waals surface area contributed by atoms with Crippen LogP contribution in [-0.4, -0.2) is 89.0 Å². The molecule has 4 heterocycles. The number of halogens is 2. The molecule has 0 radical (unpaired) electrons. The molecule has 45 heavy (non-hydrogen) atoms. The number of aromatic nitrogens is 1. The number of nitrogens with zero attached hydrogens (tertiary/aromatic N) is 3. The number of H-pyrrole nitrogens is 1. The lowest BCUT2D eigenvalue weighted by Gasteiger charge is -2.41. The van der Waals surface area contributed by atoms with Gasteiger partial charge in [0.2, 0.25) is 21.8 Å². The zero-order valence-corrected chi connectivity index (χ0v) is 27.8. The van der Waals surface area contributed by atoms with E-state index >= 15 is 0 Å². The van der Waals surface area contributed by atoms with Gasteiger partial charge in [-0.1, -0.05) is 68.6 Å². The first-order valence-corrected chi connectivity index (χ1v) is 17.4. The van der Waals surface area contributed by atoms with E-state index in [1.54, 1.807) is 15.9 Å². The Morgan fingerprint density at radius 1 is 0.978 bits per heavy atom. The van der Waals surface area contributed by atoms with Crippen molar-refractivity contribution in [2.24, 2.45) is 5.41 Å². The highest BCUT2D eigenvalue weighted by molar-refractivity contribution is 7.89. The summed E-state index contributed by atoms with van der Waals surface area (Å²) in [6.07, 6.45) is 2.38. The Labute approximate surface area is 273 Å². The molecule has 3 saturated heterocycles. The Bertz CT molecular complexity index is 1740. The van der Waals surface area contributed by atoms with Crippen LogP contribution in [0.1, 0.15) is 56.9 Å². The van der Waals surface area contributed by atoms with Gasteiger partial charge in [0.1, 0.15) is 22.7 Å². The highest BCUT2D eigenvalue weighted by atomic mass is 35.5. The van der Waals surface area contributed by atoms with Crippen molar-refractivity contribution in [3.8, 4) is 0 Å². The molecule has 240 valence electrons. The molecule has 13 heteroatoms. The predicted molar refractivity (Wildman–Crippen MR) is 173 cm³/mol. The molecule has 3 aromatic rings. The van der Waals surface area contributed by atoms with Crippen LogP contribution in [0.5, 0.6) is 0 Å². The Morgan fingerprint density at radius 2 is 1.69 bits per heavy atom. The van der Waals surface area contributed by atoms with Gasteiger partial charge in [0.05, 0.1) is 17.1 Å². The minimum Gasteiger partial charge on any atom is -0.351 e. The van der Waals surface area contributed by atoms with Gasteiger partial charge in [-0.2, -0.15) is 4.31 Å². The van der Waals surface area contributed by atoms with Gasteiger partial charge in [0, 0.05) is 35.6 Å². The highest BCUT2D eigenvalue weighted by Gasteiger charge is 2.52. The summed E-state index contributed by atoms with van der Waals surface area (Å²) in [6.45, 7) is 6.59. The van der Waals surface area contributed by atoms with E-state index in [1.165, 1.54) is 22.5 Å². The number of para-hydroxylation sites is 1. The fourth-order valence-corrected chi connectivity index (χ4v) is 9.27. The Balaban J connectivity index is 1.16. The lowest BCUT2D eigenvalue weighted by molar-refractivity contribution is -0.144. The van der Waals surface area contributed by atoms with E-state index in [4.69, 9.17) is 23.2 Å². The molecule has 4 atom stereocenters. The normalized spacial score (nSPS) is 23.0. The van der Waals surface area contributed by atoms with Crippen molar-refractivity contribution in [3.63, 3.8) is 0 Å². The molecule has 6 rings (SSSR count). The molecular formula is C32H37Cl2N5O5S. The number of benzene rings is 2. The van der Waals surface area contributed by atoms with Gasteiger partial charge in [0.15, 0.2) is 0 Å². The molecule has 3 aliphatic heterocycles. The molecule has 10 nitrogen and oxygen atoms in total. The van der Waals surface area contributed by atoms with Crippen LogP contribution < -0.4 is 5.32 Å². The topological polar surface area (TPSA) is 123 Å². The van der Waals surface area contributed by atoms with Crippen LogP contribution >= 0.6 is 23.2 Å². The second kappa shape index (κ2) is 11.9. The van der Waals surface area contributed by atoms with Crippen LogP contribution in [0.3, 0.4) is 0 Å². The van der Waals surface area contributed by atoms with Crippen molar-refractivity contribution in [2.45, 2.75) is 75.5 Å². The Hall–Kier alpha value is -3.12. The smallest absolute Gasteiger partial charge is 0.268 e. The van der Waals surface area contributed by atoms with Gasteiger partial charge in [0.25, 0.3) is 5.91 Å². The Morgan fingerprint density at radius 3 is 2.36 bits per heavy atom. The number of nitrogens with one attached hydrogen (secondary N) is 2. The monoisotopic (exact) mass is 673 g/mol. The van der Waals surface area contributed by atoms with Crippen molar-refractivity contribution in [1.29, 1.82) is 0 Å². The average molecular weight is 675 g/mol. The van der Waals surface area contributed by atoms with E-state index < -0.39 is 27.5 Å². The first kappa shape index (κ1) is 31.8. The minimum absolute atomic E-state index is 0.0127. The third-order valence-corrected chi connectivity index (χ3v) is 11.8. The molecule has 1 aromatic heterocycles. The number of rotatable bonds is 6. The standard InChI is InChI=1S/C32H37Cl2N5O5S/c1-32(2,3)28(36-29(40)25-14-19-8-4-5-9-24(19)35-25)31(42)38-18-21-16-22(38)17-37(21)30(41)26-10-6-7-13-39(26)45(43,44)27-12-11-20(33)15-23(27)34/h4-5,8-9,11-12,14-15,21-22,26,28,35H,6-7,10,13,16-18H2,1-3H3,(H,36,40)/t21-,22-,26-,28?/m0/s1. The molecule has 2 bridgehead atoms. The van der Waals surface area contributed by atoms with Crippen molar-refractivity contribution in [3.05, 3.63) is 64.3 Å². The molecule has 2 N–H and O–H groups in total. The van der Waals surface area contributed by atoms with Crippen LogP contribution in [0.2, 0.25) is 10.0 Å². The molecule has 3 amide bonds. The number of carbonyl (C=O) groups is 3. The summed E-state index contributed by atoms with van der Waals surface area (Å²) in [4.78, 5) is 47.8. The number of likely N-dealkylation sites (tertiary alicyclic amines) is 2. The van der Waals surface area contributed by atoms with E-state index in [1.807, 2.05) is 45.0 Å². The molecule has 3 aliphatic rings. The summed E-state index contributed by atoms with van der Waals surface area (Å²) in [6, 6.07) is 11.5. The number of piperidine rings is 1. The summed E-state index contributed by atoms with van der Waals surface area (Å²) in [5.74, 6) is -0.798. The van der Waals surface area contributed by atoms with E-state index in [0.717, 1.165) is 17.3 Å². The molecule has 1 unspecified atom stereocenters. The van der Waals surface area contributed by atoms with Gasteiger partial charge < -0.3 is 20.1 Å². The van der Waals surface area contributed by atoms with Gasteiger partial charge in [-0.25, -0.2) is 8.42 Å². The maximum Gasteiger partial charge on any atom is 0.268 e. The van der Waals surface area contributed by atoms with Crippen LogP contribution in [0, 0.1) is 5.41 Å². The van der Waals surface area contributed by atoms with Crippen molar-refractivity contribution >= 4 is 61.8 Å². The van der Waals surface area contributed by atoms with Crippen LogP contribution in [0.15, 0.2) is 53.4 Å². The zero-order chi connectivity index (χ0) is 32.3. The van der Waals surface area contributed by atoms with Gasteiger partial charge in [-0.3, -0.25) is 14.4 Å². The summed E-state index contributed by atoms with van der Waals surface area (Å²) in [5.41, 5.74) is 0.643. The fraction of sp³-hybridized carbons (Fsp3) is 0.469. The second-order valence-corrected chi connectivity index (χ2v) is 16.0. The fourth-order valence-electron chi connectivity index (χ4n) is 6.87. The number of piperazine rings is 1. The molecule has 0 spiro atoms. The lowest BCUT2D eigenvalue weighted by atomic mass is 9.85. The molecule has 0 aliphatic carbocycles. The van der Waals surface area contributed by atoms with Gasteiger partial charge in [-0.15, -0.1) is 0 Å². The summed E-state index contributed by atoms with van der Waals surface area (Å²) < 4.78 is 28.7. The van der Waals surface area contributed by atoms with Gasteiger partial charge in [-0.05, 0) is 55.0 Å². The summed E-state index contributed by atoms with van der Waals surface area (Å²) in [5, 5.41) is 4.21. The quantitative estimate of drug-likeness (QED) is 0.394. The zero-order valence-electron chi connectivity index (χ0n) is 25.4. The number of aromatic amines is 1. The molecule has 2 aromatic carbocycles. The first-order valence-electron chi connectivity index (χ1n) is 15.2. The van der Waals surface area contributed by atoms with E-state index in [2.05, 4.69) is 10.3 Å². The Kier molecular flexibility index (Phi) is 8.43. The third-order valence-electron chi connectivity index (χ3n) is 9.19. The lowest BCUT2D eigenvalue weighted by Crippen LogP contribution is -2.61. The average Bonchev–Trinajstić information content (AvgIpc) is 3.73. The number of hydrogen-bond donors (Lipinski definition) is 2. The second-order valence-electron chi connectivity index (χ2n) is 13.3. The van der Waals surface area contributed by atoms with E-state index in [9.17, 15) is 22.8 Å². The summed E-state index contributed by atoms with van der Waals surface area (Å²) >= 11 is 12.3. The van der Waals surface area contributed by atoms with E-state index in [-0.39, 0.29) is 46.3 Å². The van der Waals surface area contributed by atoms with Crippen molar-refractivity contribution < 1.29 is 22.8 Å². The number of fused-ring (bicyclic) bond motifs is 3. The van der Waals surface area contributed by atoms with Crippen LogP contribution in [-0.2, 0) is 19.6 Å². The number of sulfonamides is 1. The largest absolute Gasteiger partial charge is 0.351 e. The first-order chi connectivity index (χ1) is 21.3. The number of amides is 3. The van der Waals surface area contributed by atoms with Crippen LogP contribution in [0.4, 0.5) is 0 Å². The maximum atomic E-state index is 14.0. The van der Waals surface area contributed by atoms with Gasteiger partial charge >= 0.3 is 0 Å². The maximum absolute atomic E-state index is 14.0. The molecular weight excluding hydrogens is 637 g/mol. The number of carbonyl (C=O) groups excluding carboxylic acids is 3. The third kappa shape index (κ3) is 5.95. The minimum atomic E-state index is -4.05. The highest BCUT2D eigenvalue weighted by Crippen LogP contribution is 2.37.